The summed E-state index contributed by atoms with van der Waals surface area (Å²) in [4.78, 5) is 47.6. The molecule has 182 valence electrons. The maximum absolute atomic E-state index is 13.5. The van der Waals surface area contributed by atoms with Gasteiger partial charge in [-0.3, -0.25) is 14.4 Å². The molecule has 2 aliphatic rings. The maximum atomic E-state index is 13.5. The van der Waals surface area contributed by atoms with Crippen molar-refractivity contribution < 1.29 is 23.5 Å². The second-order valence-electron chi connectivity index (χ2n) is 8.89. The lowest BCUT2D eigenvalue weighted by Crippen LogP contribution is -2.48. The summed E-state index contributed by atoms with van der Waals surface area (Å²) < 4.78 is 11.6. The van der Waals surface area contributed by atoms with Gasteiger partial charge in [0.2, 0.25) is 11.8 Å². The number of hydrogen-bond acceptors (Lipinski definition) is 7. The Morgan fingerprint density at radius 1 is 1.08 bits per heavy atom. The van der Waals surface area contributed by atoms with Crippen LogP contribution < -0.4 is 4.90 Å². The molecule has 36 heavy (non-hydrogen) atoms. The van der Waals surface area contributed by atoms with Crippen molar-refractivity contribution in [3.8, 4) is 11.5 Å². The summed E-state index contributed by atoms with van der Waals surface area (Å²) in [5, 5.41) is 1.82. The van der Waals surface area contributed by atoms with E-state index in [4.69, 9.17) is 9.15 Å². The minimum absolute atomic E-state index is 0.0600. The van der Waals surface area contributed by atoms with Crippen LogP contribution in [0.5, 0.6) is 0 Å². The Kier molecular flexibility index (Phi) is 5.86. The molecule has 0 aliphatic carbocycles. The molecule has 8 nitrogen and oxygen atoms in total. The number of fused-ring (bicyclic) bond motifs is 1. The summed E-state index contributed by atoms with van der Waals surface area (Å²) in [7, 11) is 0. The van der Waals surface area contributed by atoms with Crippen LogP contribution in [0.1, 0.15) is 28.9 Å². The number of nitrogens with zero attached hydrogens (tertiary/aromatic N) is 3. The highest BCUT2D eigenvalue weighted by Crippen LogP contribution is 2.31. The van der Waals surface area contributed by atoms with Crippen molar-refractivity contribution in [3.63, 3.8) is 0 Å². The molecule has 2 aliphatic heterocycles. The molecule has 0 spiro atoms. The van der Waals surface area contributed by atoms with Crippen molar-refractivity contribution in [3.05, 3.63) is 70.9 Å². The second kappa shape index (κ2) is 9.33. The normalized spacial score (nSPS) is 19.9. The Balaban J connectivity index is 1.25. The first-order valence-corrected chi connectivity index (χ1v) is 12.8. The number of para-hydroxylation sites is 2. The van der Waals surface area contributed by atoms with E-state index in [2.05, 4.69) is 4.98 Å². The number of carbonyl (C=O) groups excluding carboxylic acids is 3. The summed E-state index contributed by atoms with van der Waals surface area (Å²) in [5.74, 6) is -0.530. The van der Waals surface area contributed by atoms with Gasteiger partial charge in [-0.2, -0.15) is 0 Å². The van der Waals surface area contributed by atoms with Gasteiger partial charge < -0.3 is 14.1 Å². The lowest BCUT2D eigenvalue weighted by atomic mass is 10.1. The molecule has 2 unspecified atom stereocenters. The highest BCUT2D eigenvalue weighted by molar-refractivity contribution is 7.12. The highest BCUT2D eigenvalue weighted by atomic mass is 32.1. The Bertz CT molecular complexity index is 1390. The number of imide groups is 1. The number of aromatic nitrogens is 1. The van der Waals surface area contributed by atoms with E-state index in [-0.39, 0.29) is 30.9 Å². The van der Waals surface area contributed by atoms with Crippen molar-refractivity contribution in [1.82, 2.24) is 9.88 Å². The molecule has 2 aromatic heterocycles. The zero-order valence-corrected chi connectivity index (χ0v) is 20.1. The molecular formula is C27H23N3O5S. The van der Waals surface area contributed by atoms with Gasteiger partial charge in [0.25, 0.3) is 11.8 Å². The topological polar surface area (TPSA) is 93.0 Å². The van der Waals surface area contributed by atoms with Crippen molar-refractivity contribution in [2.45, 2.75) is 31.4 Å². The summed E-state index contributed by atoms with van der Waals surface area (Å²) in [6.07, 6.45) is 1.54. The fourth-order valence-electron chi connectivity index (χ4n) is 4.78. The van der Waals surface area contributed by atoms with E-state index >= 15 is 0 Å². The minimum atomic E-state index is -0.868. The van der Waals surface area contributed by atoms with Gasteiger partial charge in [0.05, 0.1) is 23.1 Å². The average Bonchev–Trinajstić information content (AvgIpc) is 3.70. The Hall–Kier alpha value is -3.82. The number of hydrogen-bond donors (Lipinski definition) is 0. The van der Waals surface area contributed by atoms with Crippen LogP contribution in [-0.4, -0.2) is 52.9 Å². The quantitative estimate of drug-likeness (QED) is 0.361. The largest absolute Gasteiger partial charge is 0.436 e. The van der Waals surface area contributed by atoms with Gasteiger partial charge in [-0.25, -0.2) is 9.88 Å². The fraction of sp³-hybridized carbons (Fsp3) is 0.259. The van der Waals surface area contributed by atoms with Crippen LogP contribution in [0.3, 0.4) is 0 Å². The number of oxazole rings is 1. The van der Waals surface area contributed by atoms with Gasteiger partial charge in [0.1, 0.15) is 11.6 Å². The molecule has 3 amide bonds. The highest BCUT2D eigenvalue weighted by Gasteiger charge is 2.45. The third-order valence-corrected chi connectivity index (χ3v) is 7.44. The molecule has 2 atom stereocenters. The van der Waals surface area contributed by atoms with Crippen molar-refractivity contribution in [2.75, 3.05) is 18.1 Å². The number of rotatable bonds is 6. The monoisotopic (exact) mass is 501 g/mol. The molecule has 0 radical (unpaired) electrons. The molecular weight excluding hydrogens is 478 g/mol. The van der Waals surface area contributed by atoms with E-state index in [1.165, 1.54) is 21.1 Å². The van der Waals surface area contributed by atoms with Crippen LogP contribution in [0.4, 0.5) is 5.69 Å². The number of anilines is 1. The van der Waals surface area contributed by atoms with E-state index in [9.17, 15) is 14.4 Å². The lowest BCUT2D eigenvalue weighted by Gasteiger charge is -2.29. The fourth-order valence-corrected chi connectivity index (χ4v) is 5.46. The van der Waals surface area contributed by atoms with Crippen LogP contribution in [-0.2, 0) is 14.3 Å². The van der Waals surface area contributed by atoms with Gasteiger partial charge in [0.15, 0.2) is 5.58 Å². The second-order valence-corrected chi connectivity index (χ2v) is 9.84. The smallest absolute Gasteiger partial charge is 0.264 e. The van der Waals surface area contributed by atoms with E-state index in [1.54, 1.807) is 36.4 Å². The standard InChI is InChI=1S/C27H23N3O5S/c31-24-15-21(29(16-19-5-3-13-34-19)27(33)23-8-4-14-36-23)26(32)30(24)18-11-9-17(10-12-18)25-28-20-6-1-2-7-22(20)35-25/h1-2,4,6-12,14,19,21H,3,5,13,15-16H2. The molecule has 2 saturated heterocycles. The third kappa shape index (κ3) is 4.10. The number of carbonyl (C=O) groups is 3. The molecule has 0 bridgehead atoms. The van der Waals surface area contributed by atoms with E-state index in [0.717, 1.165) is 23.9 Å². The molecule has 4 aromatic rings. The third-order valence-electron chi connectivity index (χ3n) is 6.58. The van der Waals surface area contributed by atoms with Crippen molar-refractivity contribution in [1.29, 1.82) is 0 Å². The first-order valence-electron chi connectivity index (χ1n) is 11.9. The molecule has 6 rings (SSSR count). The molecule has 9 heteroatoms. The Morgan fingerprint density at radius 2 is 1.92 bits per heavy atom. The van der Waals surface area contributed by atoms with E-state index < -0.39 is 11.9 Å². The first-order chi connectivity index (χ1) is 17.6. The molecule has 0 N–H and O–H groups in total. The molecule has 0 saturated carbocycles. The number of thiophene rings is 1. The number of ether oxygens (including phenoxy) is 1. The zero-order valence-electron chi connectivity index (χ0n) is 19.3. The molecule has 4 heterocycles. The van der Waals surface area contributed by atoms with Crippen LogP contribution in [0.2, 0.25) is 0 Å². The van der Waals surface area contributed by atoms with E-state index in [0.29, 0.717) is 28.6 Å². The van der Waals surface area contributed by atoms with Crippen molar-refractivity contribution >= 4 is 45.8 Å². The number of benzene rings is 2. The summed E-state index contributed by atoms with van der Waals surface area (Å²) in [6.45, 7) is 0.923. The summed E-state index contributed by atoms with van der Waals surface area (Å²) in [5.41, 5.74) is 2.63. The predicted octanol–water partition coefficient (Wildman–Crippen LogP) is 4.51. The van der Waals surface area contributed by atoms with Gasteiger partial charge in [-0.1, -0.05) is 18.2 Å². The van der Waals surface area contributed by atoms with Crippen LogP contribution >= 0.6 is 11.3 Å². The lowest BCUT2D eigenvalue weighted by molar-refractivity contribution is -0.122. The predicted molar refractivity (Wildman–Crippen MR) is 135 cm³/mol. The van der Waals surface area contributed by atoms with Gasteiger partial charge >= 0.3 is 0 Å². The Morgan fingerprint density at radius 3 is 2.64 bits per heavy atom. The first kappa shape index (κ1) is 22.6. The Labute approximate surface area is 211 Å². The molecule has 2 aromatic carbocycles. The maximum Gasteiger partial charge on any atom is 0.264 e. The van der Waals surface area contributed by atoms with Crippen LogP contribution in [0, 0.1) is 0 Å². The SMILES string of the molecule is O=C1CC(N(CC2CCCO2)C(=O)c2cccs2)C(=O)N1c1ccc(-c2nc3ccccc3o2)cc1. The average molecular weight is 502 g/mol. The van der Waals surface area contributed by atoms with Gasteiger partial charge in [0, 0.05) is 18.7 Å². The number of amides is 3. The zero-order chi connectivity index (χ0) is 24.6. The van der Waals surface area contributed by atoms with E-state index in [1.807, 2.05) is 29.6 Å². The summed E-state index contributed by atoms with van der Waals surface area (Å²) >= 11 is 1.32. The minimum Gasteiger partial charge on any atom is -0.436 e. The summed E-state index contributed by atoms with van der Waals surface area (Å²) in [6, 6.07) is 17.1. The molecule has 2 fully saturated rings. The van der Waals surface area contributed by atoms with Gasteiger partial charge in [-0.15, -0.1) is 11.3 Å². The van der Waals surface area contributed by atoms with Gasteiger partial charge in [-0.05, 0) is 60.7 Å². The van der Waals surface area contributed by atoms with Crippen LogP contribution in [0.15, 0.2) is 70.5 Å². The van der Waals surface area contributed by atoms with Crippen LogP contribution in [0.25, 0.3) is 22.6 Å². The van der Waals surface area contributed by atoms with Crippen molar-refractivity contribution in [2.24, 2.45) is 0 Å².